The number of hydrogen-bond acceptors (Lipinski definition) is 3. The van der Waals surface area contributed by atoms with Crippen molar-refractivity contribution in [2.75, 3.05) is 17.2 Å². The average molecular weight is 296 g/mol. The van der Waals surface area contributed by atoms with E-state index in [0.717, 1.165) is 22.5 Å². The zero-order valence-electron chi connectivity index (χ0n) is 13.1. The van der Waals surface area contributed by atoms with Gasteiger partial charge in [0.05, 0.1) is 6.54 Å². The molecule has 4 nitrogen and oxygen atoms in total. The highest BCUT2D eigenvalue weighted by Gasteiger charge is 2.06. The van der Waals surface area contributed by atoms with Crippen LogP contribution in [0.25, 0.3) is 0 Å². The van der Waals surface area contributed by atoms with E-state index in [1.54, 1.807) is 18.2 Å². The first-order valence-electron chi connectivity index (χ1n) is 7.17. The van der Waals surface area contributed by atoms with Crippen LogP contribution in [0.1, 0.15) is 28.4 Å². The van der Waals surface area contributed by atoms with Gasteiger partial charge in [0, 0.05) is 16.9 Å². The zero-order valence-corrected chi connectivity index (χ0v) is 13.1. The van der Waals surface area contributed by atoms with Gasteiger partial charge in [0.1, 0.15) is 0 Å². The molecule has 0 heterocycles. The van der Waals surface area contributed by atoms with Crippen molar-refractivity contribution in [1.29, 1.82) is 0 Å². The minimum atomic E-state index is -0.125. The van der Waals surface area contributed by atoms with E-state index in [2.05, 4.69) is 10.6 Å². The van der Waals surface area contributed by atoms with Crippen LogP contribution in [-0.2, 0) is 4.79 Å². The Labute approximate surface area is 130 Å². The number of anilines is 2. The Bertz CT molecular complexity index is 708. The molecule has 2 rings (SSSR count). The Morgan fingerprint density at radius 2 is 1.82 bits per heavy atom. The molecule has 0 bridgehead atoms. The van der Waals surface area contributed by atoms with Crippen LogP contribution in [0.5, 0.6) is 0 Å². The Morgan fingerprint density at radius 3 is 2.50 bits per heavy atom. The number of hydrogen-bond donors (Lipinski definition) is 2. The van der Waals surface area contributed by atoms with Crippen molar-refractivity contribution >= 4 is 23.1 Å². The summed E-state index contributed by atoms with van der Waals surface area (Å²) in [4.78, 5) is 23.3. The maximum Gasteiger partial charge on any atom is 0.243 e. The van der Waals surface area contributed by atoms with Crippen molar-refractivity contribution in [2.24, 2.45) is 0 Å². The number of carbonyl (C=O) groups excluding carboxylic acids is 2. The standard InChI is InChI=1S/C18H20N2O2/c1-12-7-8-17(13(2)9-12)20-18(22)11-19-16-6-4-5-15(10-16)14(3)21/h4-10,19H,11H2,1-3H3,(H,20,22). The van der Waals surface area contributed by atoms with Crippen molar-refractivity contribution < 1.29 is 9.59 Å². The maximum absolute atomic E-state index is 12.0. The number of benzene rings is 2. The van der Waals surface area contributed by atoms with Crippen molar-refractivity contribution in [3.05, 3.63) is 59.2 Å². The molecule has 22 heavy (non-hydrogen) atoms. The smallest absolute Gasteiger partial charge is 0.243 e. The molecule has 0 fully saturated rings. The summed E-state index contributed by atoms with van der Waals surface area (Å²) in [5.41, 5.74) is 4.39. The second kappa shape index (κ2) is 6.89. The van der Waals surface area contributed by atoms with Gasteiger partial charge in [0.2, 0.25) is 5.91 Å². The molecular formula is C18H20N2O2. The molecule has 0 aromatic heterocycles. The van der Waals surface area contributed by atoms with E-state index in [-0.39, 0.29) is 18.2 Å². The van der Waals surface area contributed by atoms with E-state index in [4.69, 9.17) is 0 Å². The van der Waals surface area contributed by atoms with Crippen molar-refractivity contribution in [3.8, 4) is 0 Å². The average Bonchev–Trinajstić information content (AvgIpc) is 2.48. The lowest BCUT2D eigenvalue weighted by molar-refractivity contribution is -0.114. The second-order valence-electron chi connectivity index (χ2n) is 5.36. The minimum absolute atomic E-state index is 0.00313. The van der Waals surface area contributed by atoms with Crippen LogP contribution in [0.15, 0.2) is 42.5 Å². The first kappa shape index (κ1) is 15.8. The predicted octanol–water partition coefficient (Wildman–Crippen LogP) is 3.56. The van der Waals surface area contributed by atoms with Crippen LogP contribution < -0.4 is 10.6 Å². The fourth-order valence-electron chi connectivity index (χ4n) is 2.18. The molecule has 0 spiro atoms. The van der Waals surface area contributed by atoms with Crippen LogP contribution in [0, 0.1) is 13.8 Å². The number of rotatable bonds is 5. The van der Waals surface area contributed by atoms with E-state index < -0.39 is 0 Å². The van der Waals surface area contributed by atoms with Crippen molar-refractivity contribution in [2.45, 2.75) is 20.8 Å². The first-order valence-corrected chi connectivity index (χ1v) is 7.17. The molecular weight excluding hydrogens is 276 g/mol. The highest BCUT2D eigenvalue weighted by Crippen LogP contribution is 2.16. The van der Waals surface area contributed by atoms with Gasteiger partial charge >= 0.3 is 0 Å². The van der Waals surface area contributed by atoms with Crippen molar-refractivity contribution in [1.82, 2.24) is 0 Å². The molecule has 0 saturated heterocycles. The number of ketones is 1. The zero-order chi connectivity index (χ0) is 16.1. The Morgan fingerprint density at radius 1 is 1.05 bits per heavy atom. The van der Waals surface area contributed by atoms with Gasteiger partial charge in [0.25, 0.3) is 0 Å². The van der Waals surface area contributed by atoms with Gasteiger partial charge in [-0.3, -0.25) is 9.59 Å². The van der Waals surface area contributed by atoms with Crippen LogP contribution in [-0.4, -0.2) is 18.2 Å². The van der Waals surface area contributed by atoms with Gasteiger partial charge in [-0.05, 0) is 44.5 Å². The summed E-state index contributed by atoms with van der Waals surface area (Å²) >= 11 is 0. The van der Waals surface area contributed by atoms with E-state index >= 15 is 0 Å². The normalized spacial score (nSPS) is 10.1. The monoisotopic (exact) mass is 296 g/mol. The molecule has 0 aliphatic rings. The fourth-order valence-corrected chi connectivity index (χ4v) is 2.18. The third-order valence-electron chi connectivity index (χ3n) is 3.38. The number of nitrogens with one attached hydrogen (secondary N) is 2. The molecule has 4 heteroatoms. The lowest BCUT2D eigenvalue weighted by atomic mass is 10.1. The summed E-state index contributed by atoms with van der Waals surface area (Å²) in [6.45, 7) is 5.65. The molecule has 1 amide bonds. The van der Waals surface area contributed by atoms with Gasteiger partial charge in [-0.15, -0.1) is 0 Å². The van der Waals surface area contributed by atoms with Gasteiger partial charge in [-0.25, -0.2) is 0 Å². The van der Waals surface area contributed by atoms with Gasteiger partial charge in [0.15, 0.2) is 5.78 Å². The Hall–Kier alpha value is -2.62. The first-order chi connectivity index (χ1) is 10.5. The Kier molecular flexibility index (Phi) is 4.94. The number of aryl methyl sites for hydroxylation is 2. The van der Waals surface area contributed by atoms with E-state index in [1.807, 2.05) is 38.1 Å². The van der Waals surface area contributed by atoms with E-state index in [9.17, 15) is 9.59 Å². The van der Waals surface area contributed by atoms with Crippen LogP contribution in [0.4, 0.5) is 11.4 Å². The summed E-state index contributed by atoms with van der Waals surface area (Å²) in [5, 5.41) is 5.90. The number of carbonyl (C=O) groups is 2. The van der Waals surface area contributed by atoms with Crippen LogP contribution in [0.3, 0.4) is 0 Å². The maximum atomic E-state index is 12.0. The van der Waals surface area contributed by atoms with Gasteiger partial charge < -0.3 is 10.6 Å². The third kappa shape index (κ3) is 4.19. The molecule has 0 unspecified atom stereocenters. The fraction of sp³-hybridized carbons (Fsp3) is 0.222. The molecule has 114 valence electrons. The molecule has 2 N–H and O–H groups in total. The molecule has 0 radical (unpaired) electrons. The summed E-state index contributed by atoms with van der Waals surface area (Å²) in [6, 6.07) is 13.0. The third-order valence-corrected chi connectivity index (χ3v) is 3.38. The predicted molar refractivity (Wildman–Crippen MR) is 89.5 cm³/mol. The molecule has 2 aromatic rings. The second-order valence-corrected chi connectivity index (χ2v) is 5.36. The largest absolute Gasteiger partial charge is 0.376 e. The Balaban J connectivity index is 1.95. The molecule has 0 aliphatic heterocycles. The molecule has 0 aliphatic carbocycles. The summed E-state index contributed by atoms with van der Waals surface area (Å²) in [6.07, 6.45) is 0. The van der Waals surface area contributed by atoms with Crippen molar-refractivity contribution in [3.63, 3.8) is 0 Å². The van der Waals surface area contributed by atoms with E-state index in [0.29, 0.717) is 5.56 Å². The number of amides is 1. The summed E-state index contributed by atoms with van der Waals surface area (Å²) < 4.78 is 0. The lowest BCUT2D eigenvalue weighted by Crippen LogP contribution is -2.22. The highest BCUT2D eigenvalue weighted by atomic mass is 16.2. The summed E-state index contributed by atoms with van der Waals surface area (Å²) in [5.74, 6) is -0.122. The SMILES string of the molecule is CC(=O)c1cccc(NCC(=O)Nc2ccc(C)cc2C)c1. The molecule has 0 atom stereocenters. The minimum Gasteiger partial charge on any atom is -0.376 e. The topological polar surface area (TPSA) is 58.2 Å². The number of Topliss-reactive ketones (excluding diaryl/α,β-unsaturated/α-hetero) is 1. The van der Waals surface area contributed by atoms with Gasteiger partial charge in [-0.1, -0.05) is 29.8 Å². The summed E-state index contributed by atoms with van der Waals surface area (Å²) in [7, 11) is 0. The van der Waals surface area contributed by atoms with Crippen LogP contribution in [0.2, 0.25) is 0 Å². The highest BCUT2D eigenvalue weighted by molar-refractivity contribution is 5.96. The van der Waals surface area contributed by atoms with Crippen LogP contribution >= 0.6 is 0 Å². The van der Waals surface area contributed by atoms with Gasteiger partial charge in [-0.2, -0.15) is 0 Å². The lowest BCUT2D eigenvalue weighted by Gasteiger charge is -2.11. The van der Waals surface area contributed by atoms with E-state index in [1.165, 1.54) is 6.92 Å². The molecule has 2 aromatic carbocycles. The quantitative estimate of drug-likeness (QED) is 0.829. The molecule has 0 saturated carbocycles.